The van der Waals surface area contributed by atoms with E-state index in [0.29, 0.717) is 6.42 Å². The number of anilines is 1. The number of phenols is 1. The highest BCUT2D eigenvalue weighted by Crippen LogP contribution is 2.29. The van der Waals surface area contributed by atoms with Gasteiger partial charge in [-0.05, 0) is 18.1 Å². The van der Waals surface area contributed by atoms with Crippen molar-refractivity contribution < 1.29 is 9.90 Å². The average molecular weight is 246 g/mol. The lowest BCUT2D eigenvalue weighted by atomic mass is 9.94. The van der Waals surface area contributed by atoms with Gasteiger partial charge in [0.15, 0.2) is 5.78 Å². The number of benzene rings is 1. The van der Waals surface area contributed by atoms with Crippen molar-refractivity contribution in [3.63, 3.8) is 0 Å². The van der Waals surface area contributed by atoms with Crippen LogP contribution in [0.3, 0.4) is 0 Å². The van der Waals surface area contributed by atoms with Crippen LogP contribution in [0.2, 0.25) is 0 Å². The second kappa shape index (κ2) is 6.06. The average Bonchev–Trinajstić information content (AvgIpc) is 2.32. The molecule has 0 amide bonds. The van der Waals surface area contributed by atoms with E-state index in [1.165, 1.54) is 12.1 Å². The summed E-state index contributed by atoms with van der Waals surface area (Å²) < 4.78 is 0. The number of hydrogen-bond donors (Lipinski definition) is 2. The van der Waals surface area contributed by atoms with Gasteiger partial charge in [-0.3, -0.25) is 4.79 Å². The van der Waals surface area contributed by atoms with Crippen LogP contribution in [0.1, 0.15) is 49.0 Å². The summed E-state index contributed by atoms with van der Waals surface area (Å²) >= 11 is 0. The van der Waals surface area contributed by atoms with Crippen LogP contribution in [0.15, 0.2) is 12.1 Å². The fraction of sp³-hybridized carbons (Fsp3) is 0.429. The Morgan fingerprint density at radius 2 is 2.22 bits per heavy atom. The molecule has 1 atom stereocenters. The Morgan fingerprint density at radius 3 is 2.78 bits per heavy atom. The second-order valence-corrected chi connectivity index (χ2v) is 4.59. The number of carbonyl (C=O) groups excluding carboxylic acids is 1. The summed E-state index contributed by atoms with van der Waals surface area (Å²) in [6, 6.07) is 4.68. The molecule has 4 heteroatoms. The molecule has 1 aromatic rings. The molecule has 96 valence electrons. The van der Waals surface area contributed by atoms with Crippen LogP contribution in [-0.2, 0) is 0 Å². The predicted octanol–water partition coefficient (Wildman–Crippen LogP) is 2.86. The number of Topliss-reactive ketones (excluding diaryl/α,β-unsaturated/α-hetero) is 1. The second-order valence-electron chi connectivity index (χ2n) is 4.59. The van der Waals surface area contributed by atoms with E-state index in [0.717, 1.165) is 12.8 Å². The zero-order valence-electron chi connectivity index (χ0n) is 10.7. The monoisotopic (exact) mass is 246 g/mol. The maximum atomic E-state index is 12.0. The van der Waals surface area contributed by atoms with Crippen molar-refractivity contribution in [2.75, 3.05) is 5.73 Å². The molecule has 0 aliphatic carbocycles. The maximum Gasteiger partial charge on any atom is 0.166 e. The molecule has 18 heavy (non-hydrogen) atoms. The third-order valence-corrected chi connectivity index (χ3v) is 2.88. The molecular formula is C14H18N2O2. The topological polar surface area (TPSA) is 87.1 Å². The first kappa shape index (κ1) is 14.0. The Balaban J connectivity index is 2.99. The summed E-state index contributed by atoms with van der Waals surface area (Å²) in [4.78, 5) is 12.0. The van der Waals surface area contributed by atoms with Crippen LogP contribution < -0.4 is 5.73 Å². The predicted molar refractivity (Wildman–Crippen MR) is 70.3 cm³/mol. The van der Waals surface area contributed by atoms with Crippen LogP contribution in [0.5, 0.6) is 5.75 Å². The number of hydrogen-bond acceptors (Lipinski definition) is 4. The van der Waals surface area contributed by atoms with Crippen LogP contribution in [0.25, 0.3) is 0 Å². The molecule has 0 saturated carbocycles. The number of nitrogens with zero attached hydrogens (tertiary/aromatic N) is 1. The summed E-state index contributed by atoms with van der Waals surface area (Å²) in [6.45, 7) is 4.06. The molecule has 0 aromatic heterocycles. The minimum absolute atomic E-state index is 0.0699. The molecule has 0 spiro atoms. The van der Waals surface area contributed by atoms with Gasteiger partial charge in [-0.2, -0.15) is 5.26 Å². The zero-order valence-corrected chi connectivity index (χ0v) is 10.7. The fourth-order valence-electron chi connectivity index (χ4n) is 1.96. The first-order chi connectivity index (χ1) is 8.49. The molecule has 0 heterocycles. The third kappa shape index (κ3) is 3.24. The number of phenolic OH excluding ortho intramolecular Hbond substituents is 1. The van der Waals surface area contributed by atoms with Gasteiger partial charge in [-0.25, -0.2) is 0 Å². The number of rotatable bonds is 5. The maximum absolute atomic E-state index is 12.0. The minimum atomic E-state index is -0.220. The van der Waals surface area contributed by atoms with Gasteiger partial charge < -0.3 is 10.8 Å². The highest BCUT2D eigenvalue weighted by molar-refractivity contribution is 6.00. The summed E-state index contributed by atoms with van der Waals surface area (Å²) in [7, 11) is 0. The molecule has 3 N–H and O–H groups in total. The summed E-state index contributed by atoms with van der Waals surface area (Å²) in [6.07, 6.45) is 2.33. The van der Waals surface area contributed by atoms with Crippen LogP contribution in [0, 0.1) is 17.2 Å². The van der Waals surface area contributed by atoms with E-state index >= 15 is 0 Å². The third-order valence-electron chi connectivity index (χ3n) is 2.88. The normalized spacial score (nSPS) is 11.8. The number of carbonyl (C=O) groups is 1. The van der Waals surface area contributed by atoms with Gasteiger partial charge in [0, 0.05) is 6.42 Å². The van der Waals surface area contributed by atoms with Gasteiger partial charge in [0.1, 0.15) is 5.75 Å². The van der Waals surface area contributed by atoms with Gasteiger partial charge in [-0.1, -0.05) is 26.7 Å². The highest BCUT2D eigenvalue weighted by Gasteiger charge is 2.17. The Labute approximate surface area is 107 Å². The van der Waals surface area contributed by atoms with Crippen molar-refractivity contribution in [1.82, 2.24) is 0 Å². The van der Waals surface area contributed by atoms with Crippen molar-refractivity contribution in [2.45, 2.75) is 33.1 Å². The largest absolute Gasteiger partial charge is 0.505 e. The van der Waals surface area contributed by atoms with E-state index in [4.69, 9.17) is 11.0 Å². The van der Waals surface area contributed by atoms with E-state index in [2.05, 4.69) is 6.92 Å². The SMILES string of the molecule is CCCC(C)CC(=O)c1cc(C#N)cc(N)c1O. The fourth-order valence-corrected chi connectivity index (χ4v) is 1.96. The summed E-state index contributed by atoms with van der Waals surface area (Å²) in [5.74, 6) is -0.131. The van der Waals surface area contributed by atoms with Crippen molar-refractivity contribution >= 4 is 11.5 Å². The lowest BCUT2D eigenvalue weighted by Gasteiger charge is -2.11. The molecule has 1 unspecified atom stereocenters. The minimum Gasteiger partial charge on any atom is -0.505 e. The van der Waals surface area contributed by atoms with Crippen molar-refractivity contribution in [3.8, 4) is 11.8 Å². The number of nitrogen functional groups attached to an aromatic ring is 1. The molecule has 0 saturated heterocycles. The molecule has 0 radical (unpaired) electrons. The Morgan fingerprint density at radius 1 is 1.56 bits per heavy atom. The summed E-state index contributed by atoms with van der Waals surface area (Å²) in [5, 5.41) is 18.6. The number of ketones is 1. The smallest absolute Gasteiger partial charge is 0.166 e. The first-order valence-electron chi connectivity index (χ1n) is 6.05. The number of nitrogens with two attached hydrogens (primary N) is 1. The van der Waals surface area contributed by atoms with E-state index in [9.17, 15) is 9.90 Å². The first-order valence-corrected chi connectivity index (χ1v) is 6.05. The Hall–Kier alpha value is -2.02. The Kier molecular flexibility index (Phi) is 4.73. The lowest BCUT2D eigenvalue weighted by Crippen LogP contribution is -2.07. The molecule has 0 aliphatic rings. The van der Waals surface area contributed by atoms with Crippen molar-refractivity contribution in [1.29, 1.82) is 5.26 Å². The van der Waals surface area contributed by atoms with Crippen LogP contribution in [-0.4, -0.2) is 10.9 Å². The quantitative estimate of drug-likeness (QED) is 0.475. The standard InChI is InChI=1S/C14H18N2O2/c1-3-4-9(2)5-13(17)11-6-10(8-15)7-12(16)14(11)18/h6-7,9,18H,3-5,16H2,1-2H3. The van der Waals surface area contributed by atoms with E-state index < -0.39 is 0 Å². The van der Waals surface area contributed by atoms with Crippen molar-refractivity contribution in [2.24, 2.45) is 5.92 Å². The molecule has 1 rings (SSSR count). The van der Waals surface area contributed by atoms with E-state index in [1.54, 1.807) is 0 Å². The van der Waals surface area contributed by atoms with Crippen molar-refractivity contribution in [3.05, 3.63) is 23.3 Å². The lowest BCUT2D eigenvalue weighted by molar-refractivity contribution is 0.0960. The van der Waals surface area contributed by atoms with E-state index in [1.807, 2.05) is 13.0 Å². The molecule has 0 bridgehead atoms. The molecular weight excluding hydrogens is 228 g/mol. The zero-order chi connectivity index (χ0) is 13.7. The van der Waals surface area contributed by atoms with Gasteiger partial charge in [0.2, 0.25) is 0 Å². The number of nitriles is 1. The van der Waals surface area contributed by atoms with Gasteiger partial charge in [-0.15, -0.1) is 0 Å². The van der Waals surface area contributed by atoms with E-state index in [-0.39, 0.29) is 34.3 Å². The Bertz CT molecular complexity index is 489. The highest BCUT2D eigenvalue weighted by atomic mass is 16.3. The van der Waals surface area contributed by atoms with Gasteiger partial charge in [0.05, 0.1) is 22.9 Å². The molecule has 0 fully saturated rings. The van der Waals surface area contributed by atoms with Crippen LogP contribution in [0.4, 0.5) is 5.69 Å². The van der Waals surface area contributed by atoms with Gasteiger partial charge >= 0.3 is 0 Å². The molecule has 0 aliphatic heterocycles. The van der Waals surface area contributed by atoms with Gasteiger partial charge in [0.25, 0.3) is 0 Å². The molecule has 1 aromatic carbocycles. The number of aromatic hydroxyl groups is 1. The summed E-state index contributed by atoms with van der Waals surface area (Å²) in [5.41, 5.74) is 6.08. The molecule has 4 nitrogen and oxygen atoms in total. The van der Waals surface area contributed by atoms with Crippen LogP contribution >= 0.6 is 0 Å².